The molecular weight excluding hydrogens is 330 g/mol. The zero-order valence-corrected chi connectivity index (χ0v) is 14.6. The van der Waals surface area contributed by atoms with Crippen molar-refractivity contribution in [2.45, 2.75) is 39.2 Å². The number of carboxylic acids is 2. The van der Waals surface area contributed by atoms with Crippen LogP contribution in [-0.2, 0) is 23.2 Å². The monoisotopic (exact) mass is 355 g/mol. The van der Waals surface area contributed by atoms with Crippen molar-refractivity contribution in [2.24, 2.45) is 7.05 Å². The van der Waals surface area contributed by atoms with E-state index in [2.05, 4.69) is 4.90 Å². The zero-order valence-electron chi connectivity index (χ0n) is 14.6. The van der Waals surface area contributed by atoms with Crippen molar-refractivity contribution in [1.29, 1.82) is 0 Å². The molecule has 0 unspecified atom stereocenters. The fourth-order valence-electron chi connectivity index (χ4n) is 2.66. The van der Waals surface area contributed by atoms with Gasteiger partial charge in [0.25, 0.3) is 5.56 Å². The van der Waals surface area contributed by atoms with Gasteiger partial charge in [-0.2, -0.15) is 0 Å². The second kappa shape index (κ2) is 9.77. The second-order valence-electron chi connectivity index (χ2n) is 5.98. The van der Waals surface area contributed by atoms with Crippen molar-refractivity contribution in [3.8, 4) is 0 Å². The van der Waals surface area contributed by atoms with E-state index in [-0.39, 0.29) is 11.2 Å². The van der Waals surface area contributed by atoms with Crippen LogP contribution in [0.3, 0.4) is 0 Å². The summed E-state index contributed by atoms with van der Waals surface area (Å²) in [5.41, 5.74) is 0.330. The molecule has 0 aromatic carbocycles. The molecule has 1 aromatic heterocycles. The third-order valence-electron chi connectivity index (χ3n) is 4.09. The largest absolute Gasteiger partial charge is 0.473 e. The molecule has 1 fully saturated rings. The average molecular weight is 355 g/mol. The Labute approximate surface area is 145 Å². The molecule has 9 heteroatoms. The minimum Gasteiger partial charge on any atom is -0.473 e. The number of aryl methyl sites for hydroxylation is 1. The molecule has 1 aliphatic rings. The number of carbonyl (C=O) groups is 2. The van der Waals surface area contributed by atoms with Crippen LogP contribution >= 0.6 is 0 Å². The van der Waals surface area contributed by atoms with Crippen LogP contribution in [0.4, 0.5) is 0 Å². The fraction of sp³-hybridized carbons (Fsp3) is 0.625. The van der Waals surface area contributed by atoms with Crippen molar-refractivity contribution >= 4 is 11.9 Å². The van der Waals surface area contributed by atoms with E-state index in [0.717, 1.165) is 25.1 Å². The topological polar surface area (TPSA) is 122 Å². The van der Waals surface area contributed by atoms with E-state index in [9.17, 15) is 9.59 Å². The van der Waals surface area contributed by atoms with Crippen LogP contribution < -0.4 is 11.2 Å². The highest BCUT2D eigenvalue weighted by Crippen LogP contribution is 2.08. The Hall–Kier alpha value is -2.42. The molecule has 2 heterocycles. The molecule has 0 aliphatic carbocycles. The third-order valence-corrected chi connectivity index (χ3v) is 4.09. The first-order valence-corrected chi connectivity index (χ1v) is 8.20. The maximum Gasteiger partial charge on any atom is 0.414 e. The predicted octanol–water partition coefficient (Wildman–Crippen LogP) is -0.113. The Bertz CT molecular complexity index is 704. The lowest BCUT2D eigenvalue weighted by Gasteiger charge is -2.15. The van der Waals surface area contributed by atoms with Crippen LogP contribution in [0.5, 0.6) is 0 Å². The van der Waals surface area contributed by atoms with Gasteiger partial charge < -0.3 is 15.1 Å². The molecular formula is C16H25N3O6. The van der Waals surface area contributed by atoms with E-state index in [1.54, 1.807) is 4.57 Å². The van der Waals surface area contributed by atoms with Crippen molar-refractivity contribution in [3.05, 3.63) is 32.6 Å². The van der Waals surface area contributed by atoms with E-state index in [1.807, 2.05) is 6.92 Å². The summed E-state index contributed by atoms with van der Waals surface area (Å²) in [6.07, 6.45) is 4.73. The fourth-order valence-corrected chi connectivity index (χ4v) is 2.66. The number of hydrogen-bond acceptors (Lipinski definition) is 5. The van der Waals surface area contributed by atoms with Gasteiger partial charge in [-0.05, 0) is 52.2 Å². The lowest BCUT2D eigenvalue weighted by atomic mass is 10.3. The SMILES string of the molecule is Cc1cc(=O)n(C)c(=O)n1CCCCN1CCCC1.O=C(O)C(=O)O. The summed E-state index contributed by atoms with van der Waals surface area (Å²) < 4.78 is 2.87. The number of hydrogen-bond donors (Lipinski definition) is 2. The van der Waals surface area contributed by atoms with E-state index in [4.69, 9.17) is 19.8 Å². The maximum absolute atomic E-state index is 12.0. The van der Waals surface area contributed by atoms with Gasteiger partial charge in [0.15, 0.2) is 0 Å². The molecule has 0 amide bonds. The van der Waals surface area contributed by atoms with Gasteiger partial charge >= 0.3 is 17.6 Å². The number of unbranched alkanes of at least 4 members (excludes halogenated alkanes) is 1. The minimum atomic E-state index is -1.82. The average Bonchev–Trinajstić information content (AvgIpc) is 3.06. The number of carboxylic acid groups (broad SMARTS) is 2. The predicted molar refractivity (Wildman–Crippen MR) is 90.9 cm³/mol. The molecule has 0 radical (unpaired) electrons. The van der Waals surface area contributed by atoms with Crippen LogP contribution in [0.1, 0.15) is 31.4 Å². The molecule has 0 atom stereocenters. The molecule has 25 heavy (non-hydrogen) atoms. The molecule has 9 nitrogen and oxygen atoms in total. The molecule has 0 saturated carbocycles. The van der Waals surface area contributed by atoms with Gasteiger partial charge in [0.05, 0.1) is 0 Å². The summed E-state index contributed by atoms with van der Waals surface area (Å²) in [7, 11) is 1.53. The highest BCUT2D eigenvalue weighted by atomic mass is 16.4. The molecule has 0 spiro atoms. The van der Waals surface area contributed by atoms with Gasteiger partial charge in [0, 0.05) is 25.4 Å². The standard InChI is InChI=1S/C14H23N3O2.C2H2O4/c1-12-11-13(18)15(2)14(19)17(12)10-6-5-9-16-7-3-4-8-16;3-1(4)2(5)6/h11H,3-10H2,1-2H3;(H,3,4)(H,5,6). The summed E-state index contributed by atoms with van der Waals surface area (Å²) in [6.45, 7) is 6.09. The van der Waals surface area contributed by atoms with Crippen LogP contribution in [-0.4, -0.2) is 55.8 Å². The quantitative estimate of drug-likeness (QED) is 0.558. The Balaban J connectivity index is 0.000000450. The molecule has 140 valence electrons. The van der Waals surface area contributed by atoms with E-state index in [0.29, 0.717) is 6.54 Å². The number of rotatable bonds is 5. The van der Waals surface area contributed by atoms with Gasteiger partial charge in [-0.25, -0.2) is 14.4 Å². The smallest absolute Gasteiger partial charge is 0.414 e. The van der Waals surface area contributed by atoms with Gasteiger partial charge in [-0.15, -0.1) is 0 Å². The third kappa shape index (κ3) is 6.54. The van der Waals surface area contributed by atoms with E-state index >= 15 is 0 Å². The molecule has 1 saturated heterocycles. The molecule has 2 N–H and O–H groups in total. The van der Waals surface area contributed by atoms with E-state index < -0.39 is 11.9 Å². The normalized spacial score (nSPS) is 14.0. The van der Waals surface area contributed by atoms with E-state index in [1.165, 1.54) is 43.6 Å². The van der Waals surface area contributed by atoms with Crippen molar-refractivity contribution in [2.75, 3.05) is 19.6 Å². The van der Waals surface area contributed by atoms with Crippen molar-refractivity contribution in [3.63, 3.8) is 0 Å². The first-order chi connectivity index (χ1) is 11.7. The second-order valence-corrected chi connectivity index (χ2v) is 5.98. The summed E-state index contributed by atoms with van der Waals surface area (Å²) in [5, 5.41) is 14.8. The van der Waals surface area contributed by atoms with Gasteiger partial charge in [-0.1, -0.05) is 0 Å². The Morgan fingerprint density at radius 1 is 1.04 bits per heavy atom. The maximum atomic E-state index is 12.0. The van der Waals surface area contributed by atoms with Gasteiger partial charge in [0.1, 0.15) is 0 Å². The first-order valence-electron chi connectivity index (χ1n) is 8.20. The Kier molecular flexibility index (Phi) is 8.06. The van der Waals surface area contributed by atoms with Crippen LogP contribution in [0.2, 0.25) is 0 Å². The molecule has 1 aliphatic heterocycles. The lowest BCUT2D eigenvalue weighted by molar-refractivity contribution is -0.159. The van der Waals surface area contributed by atoms with Crippen LogP contribution in [0, 0.1) is 6.92 Å². The number of aliphatic carboxylic acids is 2. The molecule has 2 rings (SSSR count). The highest BCUT2D eigenvalue weighted by molar-refractivity contribution is 6.27. The molecule has 1 aromatic rings. The summed E-state index contributed by atoms with van der Waals surface area (Å²) in [6, 6.07) is 1.53. The number of aromatic nitrogens is 2. The van der Waals surface area contributed by atoms with Crippen LogP contribution in [0.25, 0.3) is 0 Å². The number of likely N-dealkylation sites (tertiary alicyclic amines) is 1. The first kappa shape index (κ1) is 20.6. The highest BCUT2D eigenvalue weighted by Gasteiger charge is 2.11. The lowest BCUT2D eigenvalue weighted by Crippen LogP contribution is -2.38. The minimum absolute atomic E-state index is 0.203. The van der Waals surface area contributed by atoms with Crippen LogP contribution in [0.15, 0.2) is 15.7 Å². The molecule has 0 bridgehead atoms. The van der Waals surface area contributed by atoms with Crippen molar-refractivity contribution < 1.29 is 19.8 Å². The summed E-state index contributed by atoms with van der Waals surface area (Å²) in [4.78, 5) is 44.1. The van der Waals surface area contributed by atoms with Crippen molar-refractivity contribution in [1.82, 2.24) is 14.0 Å². The van der Waals surface area contributed by atoms with Gasteiger partial charge in [-0.3, -0.25) is 13.9 Å². The zero-order chi connectivity index (χ0) is 19.0. The Morgan fingerprint density at radius 2 is 1.56 bits per heavy atom. The van der Waals surface area contributed by atoms with Gasteiger partial charge in [0.2, 0.25) is 0 Å². The Morgan fingerprint density at radius 3 is 2.08 bits per heavy atom. The summed E-state index contributed by atoms with van der Waals surface area (Å²) in [5.74, 6) is -3.65. The summed E-state index contributed by atoms with van der Waals surface area (Å²) >= 11 is 0. The number of nitrogens with zero attached hydrogens (tertiary/aromatic N) is 3.